The van der Waals surface area contributed by atoms with Gasteiger partial charge in [-0.3, -0.25) is 4.79 Å². The van der Waals surface area contributed by atoms with Crippen LogP contribution in [0.25, 0.3) is 0 Å². The van der Waals surface area contributed by atoms with Crippen LogP contribution in [0.3, 0.4) is 0 Å². The van der Waals surface area contributed by atoms with Gasteiger partial charge in [-0.25, -0.2) is 13.4 Å². The molecular weight excluding hydrogens is 308 g/mol. The molecule has 1 aromatic rings. The Labute approximate surface area is 129 Å². The molecule has 1 amide bonds. The molecule has 1 spiro atoms. The zero-order valence-electron chi connectivity index (χ0n) is 12.7. The smallest absolute Gasteiger partial charge is 0.291 e. The second-order valence-electron chi connectivity index (χ2n) is 5.96. The normalized spacial score (nSPS) is 25.4. The van der Waals surface area contributed by atoms with Crippen LogP contribution in [0.15, 0.2) is 10.8 Å². The lowest BCUT2D eigenvalue weighted by Gasteiger charge is -2.49. The first kappa shape index (κ1) is 15.5. The fraction of sp³-hybridized carbons (Fsp3) is 0.714. The lowest BCUT2D eigenvalue weighted by molar-refractivity contribution is 0.0250. The van der Waals surface area contributed by atoms with Gasteiger partial charge in [0.2, 0.25) is 5.76 Å². The van der Waals surface area contributed by atoms with Crippen molar-refractivity contribution >= 4 is 15.7 Å². The summed E-state index contributed by atoms with van der Waals surface area (Å²) in [4.78, 5) is 17.8. The number of aromatic nitrogens is 1. The van der Waals surface area contributed by atoms with Crippen molar-refractivity contribution < 1.29 is 22.4 Å². The van der Waals surface area contributed by atoms with Crippen LogP contribution in [-0.2, 0) is 14.6 Å². The summed E-state index contributed by atoms with van der Waals surface area (Å²) in [6.45, 7) is 5.00. The van der Waals surface area contributed by atoms with Crippen molar-refractivity contribution in [3.63, 3.8) is 0 Å². The van der Waals surface area contributed by atoms with Gasteiger partial charge in [-0.15, -0.1) is 0 Å². The lowest BCUT2D eigenvalue weighted by atomic mass is 9.83. The third-order valence-corrected chi connectivity index (χ3v) is 7.37. The minimum Gasteiger partial charge on any atom is -0.438 e. The van der Waals surface area contributed by atoms with Crippen LogP contribution in [0.5, 0.6) is 0 Å². The van der Waals surface area contributed by atoms with Gasteiger partial charge in [0.05, 0.1) is 18.1 Å². The fourth-order valence-electron chi connectivity index (χ4n) is 3.36. The number of likely N-dealkylation sites (tertiary alicyclic amines) is 1. The summed E-state index contributed by atoms with van der Waals surface area (Å²) in [5.74, 6) is 0.0236. The molecule has 2 saturated heterocycles. The van der Waals surface area contributed by atoms with Crippen LogP contribution in [0, 0.1) is 12.8 Å². The van der Waals surface area contributed by atoms with Gasteiger partial charge in [-0.2, -0.15) is 0 Å². The molecule has 0 aliphatic carbocycles. The highest BCUT2D eigenvalue weighted by Gasteiger charge is 2.62. The SMILES string of the molecule is CCOC[C@H]1CCS(=O)(=O)C12CN(C(=O)c1ocnc1C)C2. The van der Waals surface area contributed by atoms with Crippen molar-refractivity contribution in [3.8, 4) is 0 Å². The van der Waals surface area contributed by atoms with Gasteiger partial charge in [0.15, 0.2) is 16.2 Å². The summed E-state index contributed by atoms with van der Waals surface area (Å²) in [5, 5.41) is 0. The largest absolute Gasteiger partial charge is 0.438 e. The Hall–Kier alpha value is -1.41. The molecule has 3 heterocycles. The van der Waals surface area contributed by atoms with Crippen LogP contribution in [-0.4, -0.2) is 61.0 Å². The highest BCUT2D eigenvalue weighted by molar-refractivity contribution is 7.93. The molecule has 0 saturated carbocycles. The zero-order chi connectivity index (χ0) is 16.0. The third kappa shape index (κ3) is 2.16. The van der Waals surface area contributed by atoms with E-state index in [2.05, 4.69) is 4.98 Å². The van der Waals surface area contributed by atoms with E-state index in [1.807, 2.05) is 6.92 Å². The zero-order valence-corrected chi connectivity index (χ0v) is 13.6. The van der Waals surface area contributed by atoms with E-state index in [0.29, 0.717) is 25.3 Å². The van der Waals surface area contributed by atoms with Crippen LogP contribution < -0.4 is 0 Å². The average Bonchev–Trinajstić information content (AvgIpc) is 2.95. The fourth-order valence-corrected chi connectivity index (χ4v) is 5.76. The van der Waals surface area contributed by atoms with Crippen LogP contribution in [0.4, 0.5) is 0 Å². The first-order valence-corrected chi connectivity index (χ1v) is 9.06. The Bertz CT molecular complexity index is 675. The van der Waals surface area contributed by atoms with Crippen molar-refractivity contribution in [3.05, 3.63) is 17.8 Å². The molecule has 1 atom stereocenters. The number of amides is 1. The van der Waals surface area contributed by atoms with Gasteiger partial charge in [0.25, 0.3) is 5.91 Å². The van der Waals surface area contributed by atoms with E-state index < -0.39 is 14.6 Å². The number of carbonyl (C=O) groups excluding carboxylic acids is 1. The van der Waals surface area contributed by atoms with E-state index in [1.165, 1.54) is 11.3 Å². The third-order valence-electron chi connectivity index (χ3n) is 4.77. The van der Waals surface area contributed by atoms with Crippen molar-refractivity contribution in [2.24, 2.45) is 5.92 Å². The van der Waals surface area contributed by atoms with E-state index in [9.17, 15) is 13.2 Å². The van der Waals surface area contributed by atoms with Crippen LogP contribution in [0.2, 0.25) is 0 Å². The molecule has 0 unspecified atom stereocenters. The molecule has 2 fully saturated rings. The summed E-state index contributed by atoms with van der Waals surface area (Å²) < 4.78 is 34.6. The number of aryl methyl sites for hydroxylation is 1. The standard InChI is InChI=1S/C14H20N2O5S/c1-3-20-6-11-4-5-22(18,19)14(11)7-16(8-14)13(17)12-10(2)15-9-21-12/h9,11H,3-8H2,1-2H3/t11-/m1/s1. The number of ether oxygens (including phenoxy) is 1. The van der Waals surface area contributed by atoms with Gasteiger partial charge in [0.1, 0.15) is 4.75 Å². The Balaban J connectivity index is 1.76. The molecule has 0 N–H and O–H groups in total. The summed E-state index contributed by atoms with van der Waals surface area (Å²) in [7, 11) is -3.19. The van der Waals surface area contributed by atoms with Crippen molar-refractivity contribution in [1.29, 1.82) is 0 Å². The predicted octanol–water partition coefficient (Wildman–Crippen LogP) is 0.649. The summed E-state index contributed by atoms with van der Waals surface area (Å²) in [5.41, 5.74) is 0.520. The van der Waals surface area contributed by atoms with Gasteiger partial charge < -0.3 is 14.1 Å². The second kappa shape index (κ2) is 5.34. The van der Waals surface area contributed by atoms with E-state index >= 15 is 0 Å². The summed E-state index contributed by atoms with van der Waals surface area (Å²) >= 11 is 0. The number of rotatable bonds is 4. The van der Waals surface area contributed by atoms with Gasteiger partial charge in [0, 0.05) is 25.6 Å². The van der Waals surface area contributed by atoms with Gasteiger partial charge in [-0.05, 0) is 20.3 Å². The molecule has 8 heteroatoms. The van der Waals surface area contributed by atoms with E-state index in [4.69, 9.17) is 9.15 Å². The maximum atomic E-state index is 12.4. The minimum atomic E-state index is -3.19. The highest BCUT2D eigenvalue weighted by Crippen LogP contribution is 2.45. The Morgan fingerprint density at radius 3 is 2.86 bits per heavy atom. The monoisotopic (exact) mass is 328 g/mol. The number of nitrogens with zero attached hydrogens (tertiary/aromatic N) is 2. The molecule has 1 aromatic heterocycles. The first-order valence-electron chi connectivity index (χ1n) is 7.40. The topological polar surface area (TPSA) is 89.7 Å². The molecule has 0 radical (unpaired) electrons. The molecule has 2 aliphatic rings. The van der Waals surface area contributed by atoms with Crippen LogP contribution >= 0.6 is 0 Å². The van der Waals surface area contributed by atoms with E-state index in [-0.39, 0.29) is 36.4 Å². The molecule has 0 bridgehead atoms. The predicted molar refractivity (Wildman–Crippen MR) is 78.3 cm³/mol. The lowest BCUT2D eigenvalue weighted by Crippen LogP contribution is -2.68. The maximum Gasteiger partial charge on any atom is 0.291 e. The van der Waals surface area contributed by atoms with Crippen molar-refractivity contribution in [2.75, 3.05) is 32.1 Å². The molecule has 2 aliphatic heterocycles. The molecule has 22 heavy (non-hydrogen) atoms. The molecule has 7 nitrogen and oxygen atoms in total. The summed E-state index contributed by atoms with van der Waals surface area (Å²) in [6, 6.07) is 0. The minimum absolute atomic E-state index is 0.0441. The van der Waals surface area contributed by atoms with Crippen molar-refractivity contribution in [2.45, 2.75) is 25.0 Å². The first-order chi connectivity index (χ1) is 10.4. The number of hydrogen-bond donors (Lipinski definition) is 0. The number of carbonyl (C=O) groups is 1. The molecule has 0 aromatic carbocycles. The highest BCUT2D eigenvalue weighted by atomic mass is 32.2. The Morgan fingerprint density at radius 1 is 1.55 bits per heavy atom. The second-order valence-corrected chi connectivity index (χ2v) is 8.41. The van der Waals surface area contributed by atoms with Gasteiger partial charge >= 0.3 is 0 Å². The number of hydrogen-bond acceptors (Lipinski definition) is 6. The maximum absolute atomic E-state index is 12.4. The van der Waals surface area contributed by atoms with Crippen LogP contribution in [0.1, 0.15) is 29.6 Å². The van der Waals surface area contributed by atoms with E-state index in [0.717, 1.165) is 0 Å². The Morgan fingerprint density at radius 2 is 2.27 bits per heavy atom. The molecular formula is C14H20N2O5S. The quantitative estimate of drug-likeness (QED) is 0.806. The average molecular weight is 328 g/mol. The molecule has 122 valence electrons. The molecule has 3 rings (SSSR count). The Kier molecular flexibility index (Phi) is 3.76. The number of oxazole rings is 1. The summed E-state index contributed by atoms with van der Waals surface area (Å²) in [6.07, 6.45) is 1.83. The van der Waals surface area contributed by atoms with Crippen molar-refractivity contribution in [1.82, 2.24) is 9.88 Å². The number of sulfone groups is 1. The van der Waals surface area contributed by atoms with E-state index in [1.54, 1.807) is 6.92 Å². The van der Waals surface area contributed by atoms with Gasteiger partial charge in [-0.1, -0.05) is 0 Å².